The molecule has 3 atom stereocenters. The van der Waals surface area contributed by atoms with Crippen LogP contribution in [0.4, 0.5) is 0 Å². The molecule has 1 saturated carbocycles. The van der Waals surface area contributed by atoms with Crippen LogP contribution in [0.25, 0.3) is 0 Å². The lowest BCUT2D eigenvalue weighted by Crippen LogP contribution is -2.07. The molecule has 112 valence electrons. The van der Waals surface area contributed by atoms with Crippen LogP contribution < -0.4 is 4.74 Å². The first kappa shape index (κ1) is 14.1. The molecular formula is C17H21NO3. The van der Waals surface area contributed by atoms with Gasteiger partial charge in [0, 0.05) is 17.7 Å². The van der Waals surface area contributed by atoms with Gasteiger partial charge in [0.15, 0.2) is 0 Å². The highest BCUT2D eigenvalue weighted by molar-refractivity contribution is 5.30. The molecule has 3 unspecified atom stereocenters. The maximum absolute atomic E-state index is 10.4. The van der Waals surface area contributed by atoms with Gasteiger partial charge in [-0.2, -0.15) is 0 Å². The number of pyridine rings is 1. The zero-order valence-corrected chi connectivity index (χ0v) is 12.6. The fourth-order valence-electron chi connectivity index (χ4n) is 2.52. The van der Waals surface area contributed by atoms with Gasteiger partial charge in [0.2, 0.25) is 0 Å². The number of aliphatic hydroxyl groups is 1. The number of hydrogen-bond acceptors (Lipinski definition) is 4. The Kier molecular flexibility index (Phi) is 3.72. The van der Waals surface area contributed by atoms with Crippen molar-refractivity contribution in [3.63, 3.8) is 0 Å². The minimum Gasteiger partial charge on any atom is -0.489 e. The predicted octanol–water partition coefficient (Wildman–Crippen LogP) is 3.67. The van der Waals surface area contributed by atoms with Gasteiger partial charge in [0.25, 0.3) is 0 Å². The molecular weight excluding hydrogens is 266 g/mol. The summed E-state index contributed by atoms with van der Waals surface area (Å²) in [6.07, 6.45) is 3.72. The molecule has 0 spiro atoms. The van der Waals surface area contributed by atoms with E-state index in [0.29, 0.717) is 28.9 Å². The van der Waals surface area contributed by atoms with Gasteiger partial charge in [-0.15, -0.1) is 0 Å². The van der Waals surface area contributed by atoms with Crippen molar-refractivity contribution in [1.29, 1.82) is 0 Å². The second-order valence-corrected chi connectivity index (χ2v) is 6.08. The van der Waals surface area contributed by atoms with E-state index in [9.17, 15) is 5.11 Å². The van der Waals surface area contributed by atoms with Crippen LogP contribution in [0.5, 0.6) is 5.75 Å². The molecule has 0 amide bonds. The molecule has 1 fully saturated rings. The van der Waals surface area contributed by atoms with Gasteiger partial charge >= 0.3 is 0 Å². The Morgan fingerprint density at radius 2 is 2.10 bits per heavy atom. The van der Waals surface area contributed by atoms with Crippen LogP contribution in [0.15, 0.2) is 35.0 Å². The van der Waals surface area contributed by atoms with E-state index >= 15 is 0 Å². The summed E-state index contributed by atoms with van der Waals surface area (Å²) in [4.78, 5) is 4.12. The minimum absolute atomic E-state index is 0.0748. The van der Waals surface area contributed by atoms with Crippen LogP contribution in [0.3, 0.4) is 0 Å². The number of rotatable bonds is 5. The third kappa shape index (κ3) is 3.10. The Labute approximate surface area is 124 Å². The normalized spacial score (nSPS) is 22.3. The van der Waals surface area contributed by atoms with Gasteiger partial charge in [0.1, 0.15) is 23.4 Å². The molecule has 0 aromatic carbocycles. The molecule has 2 heterocycles. The van der Waals surface area contributed by atoms with E-state index in [2.05, 4.69) is 11.9 Å². The quantitative estimate of drug-likeness (QED) is 0.911. The van der Waals surface area contributed by atoms with E-state index in [4.69, 9.17) is 9.15 Å². The summed E-state index contributed by atoms with van der Waals surface area (Å²) < 4.78 is 11.4. The SMILES string of the molecule is CC(C)Oc1cncc(C(O)c2ccc(C3CC3C)o2)c1. The molecule has 1 aliphatic carbocycles. The molecule has 21 heavy (non-hydrogen) atoms. The maximum atomic E-state index is 10.4. The standard InChI is InChI=1S/C17H21NO3/c1-10(2)20-13-7-12(8-18-9-13)17(19)16-5-4-15(21-16)14-6-11(14)3/h4-5,7-11,14,17,19H,6H2,1-3H3. The molecule has 4 nitrogen and oxygen atoms in total. The lowest BCUT2D eigenvalue weighted by molar-refractivity contribution is 0.184. The Morgan fingerprint density at radius 3 is 2.76 bits per heavy atom. The van der Waals surface area contributed by atoms with Crippen LogP contribution in [0, 0.1) is 5.92 Å². The lowest BCUT2D eigenvalue weighted by atomic mass is 10.1. The zero-order valence-electron chi connectivity index (χ0n) is 12.6. The fourth-order valence-corrected chi connectivity index (χ4v) is 2.52. The van der Waals surface area contributed by atoms with Crippen molar-refractivity contribution in [2.45, 2.75) is 45.3 Å². The molecule has 0 aliphatic heterocycles. The van der Waals surface area contributed by atoms with E-state index < -0.39 is 6.10 Å². The van der Waals surface area contributed by atoms with Crippen molar-refractivity contribution in [3.8, 4) is 5.75 Å². The van der Waals surface area contributed by atoms with E-state index in [1.54, 1.807) is 18.5 Å². The van der Waals surface area contributed by atoms with Gasteiger partial charge in [-0.3, -0.25) is 4.98 Å². The maximum Gasteiger partial charge on any atom is 0.138 e. The van der Waals surface area contributed by atoms with Crippen LogP contribution >= 0.6 is 0 Å². The highest BCUT2D eigenvalue weighted by atomic mass is 16.5. The Hall–Kier alpha value is -1.81. The summed E-state index contributed by atoms with van der Waals surface area (Å²) in [5.74, 6) is 3.39. The first-order valence-electron chi connectivity index (χ1n) is 7.44. The van der Waals surface area contributed by atoms with E-state index in [-0.39, 0.29) is 6.10 Å². The average molecular weight is 287 g/mol. The Bertz CT molecular complexity index is 620. The lowest BCUT2D eigenvalue weighted by Gasteiger charge is -2.12. The van der Waals surface area contributed by atoms with E-state index in [1.807, 2.05) is 26.0 Å². The monoisotopic (exact) mass is 287 g/mol. The number of nitrogens with zero attached hydrogens (tertiary/aromatic N) is 1. The van der Waals surface area contributed by atoms with Crippen LogP contribution in [0.1, 0.15) is 56.3 Å². The molecule has 0 saturated heterocycles. The zero-order chi connectivity index (χ0) is 15.0. The minimum atomic E-state index is -0.809. The average Bonchev–Trinajstić information content (AvgIpc) is 2.99. The molecule has 2 aromatic rings. The first-order chi connectivity index (χ1) is 10.0. The summed E-state index contributed by atoms with van der Waals surface area (Å²) in [5, 5.41) is 10.4. The summed E-state index contributed by atoms with van der Waals surface area (Å²) in [7, 11) is 0. The molecule has 1 N–H and O–H groups in total. The van der Waals surface area contributed by atoms with Crippen molar-refractivity contribution in [2.24, 2.45) is 5.92 Å². The predicted molar refractivity (Wildman–Crippen MR) is 79.3 cm³/mol. The van der Waals surface area contributed by atoms with E-state index in [0.717, 1.165) is 5.76 Å². The van der Waals surface area contributed by atoms with Gasteiger partial charge in [0.05, 0.1) is 12.3 Å². The largest absolute Gasteiger partial charge is 0.489 e. The molecule has 2 aromatic heterocycles. The Balaban J connectivity index is 1.78. The second-order valence-electron chi connectivity index (χ2n) is 6.08. The highest BCUT2D eigenvalue weighted by Gasteiger charge is 2.37. The Morgan fingerprint density at radius 1 is 1.33 bits per heavy atom. The fraction of sp³-hybridized carbons (Fsp3) is 0.471. The molecule has 0 radical (unpaired) electrons. The summed E-state index contributed by atoms with van der Waals surface area (Å²) >= 11 is 0. The smallest absolute Gasteiger partial charge is 0.138 e. The van der Waals surface area contributed by atoms with Crippen molar-refractivity contribution in [3.05, 3.63) is 47.7 Å². The van der Waals surface area contributed by atoms with Crippen molar-refractivity contribution in [2.75, 3.05) is 0 Å². The number of ether oxygens (including phenoxy) is 1. The number of furan rings is 1. The van der Waals surface area contributed by atoms with Gasteiger partial charge in [-0.25, -0.2) is 0 Å². The number of hydrogen-bond donors (Lipinski definition) is 1. The topological polar surface area (TPSA) is 55.5 Å². The van der Waals surface area contributed by atoms with Crippen molar-refractivity contribution in [1.82, 2.24) is 4.98 Å². The molecule has 0 bridgehead atoms. The van der Waals surface area contributed by atoms with Gasteiger partial charge < -0.3 is 14.3 Å². The third-order valence-electron chi connectivity index (χ3n) is 3.81. The third-order valence-corrected chi connectivity index (χ3v) is 3.81. The summed E-state index contributed by atoms with van der Waals surface area (Å²) in [6.45, 7) is 6.12. The van der Waals surface area contributed by atoms with Crippen LogP contribution in [-0.2, 0) is 0 Å². The number of aromatic nitrogens is 1. The first-order valence-corrected chi connectivity index (χ1v) is 7.44. The summed E-state index contributed by atoms with van der Waals surface area (Å²) in [5.41, 5.74) is 0.679. The summed E-state index contributed by atoms with van der Waals surface area (Å²) in [6, 6.07) is 5.62. The molecule has 1 aliphatic rings. The molecule has 4 heteroatoms. The van der Waals surface area contributed by atoms with Crippen LogP contribution in [0.2, 0.25) is 0 Å². The van der Waals surface area contributed by atoms with Gasteiger partial charge in [-0.05, 0) is 44.4 Å². The number of aliphatic hydroxyl groups excluding tert-OH is 1. The van der Waals surface area contributed by atoms with Crippen molar-refractivity contribution < 1.29 is 14.3 Å². The van der Waals surface area contributed by atoms with E-state index in [1.165, 1.54) is 6.42 Å². The highest BCUT2D eigenvalue weighted by Crippen LogP contribution is 2.47. The van der Waals surface area contributed by atoms with Crippen LogP contribution in [-0.4, -0.2) is 16.2 Å². The van der Waals surface area contributed by atoms with Gasteiger partial charge in [-0.1, -0.05) is 6.92 Å². The van der Waals surface area contributed by atoms with Crippen molar-refractivity contribution >= 4 is 0 Å². The second kappa shape index (κ2) is 5.53. The molecule has 3 rings (SSSR count).